The summed E-state index contributed by atoms with van der Waals surface area (Å²) in [5, 5.41) is 19.8. The van der Waals surface area contributed by atoms with Gasteiger partial charge < -0.3 is 10.4 Å². The SMILES string of the molecule is Cc1nnc2c(NC(C)CCC(=O)O)nccn12. The Balaban J connectivity index is 2.14. The fourth-order valence-electron chi connectivity index (χ4n) is 1.69. The van der Waals surface area contributed by atoms with E-state index in [1.165, 1.54) is 0 Å². The van der Waals surface area contributed by atoms with Crippen LogP contribution in [0.5, 0.6) is 0 Å². The van der Waals surface area contributed by atoms with Crippen molar-refractivity contribution in [2.75, 3.05) is 5.32 Å². The highest BCUT2D eigenvalue weighted by Crippen LogP contribution is 2.14. The van der Waals surface area contributed by atoms with E-state index < -0.39 is 5.97 Å². The van der Waals surface area contributed by atoms with Gasteiger partial charge >= 0.3 is 5.97 Å². The molecule has 0 aliphatic carbocycles. The average Bonchev–Trinajstić information content (AvgIpc) is 2.70. The van der Waals surface area contributed by atoms with Gasteiger partial charge in [-0.05, 0) is 20.3 Å². The van der Waals surface area contributed by atoms with Crippen LogP contribution in [0.25, 0.3) is 5.65 Å². The van der Waals surface area contributed by atoms with Crippen LogP contribution in [-0.2, 0) is 4.79 Å². The Labute approximate surface area is 104 Å². The van der Waals surface area contributed by atoms with Crippen molar-refractivity contribution in [1.29, 1.82) is 0 Å². The molecule has 18 heavy (non-hydrogen) atoms. The number of carboxylic acids is 1. The molecule has 0 aliphatic heterocycles. The number of carbonyl (C=O) groups is 1. The van der Waals surface area contributed by atoms with Crippen molar-refractivity contribution in [2.45, 2.75) is 32.7 Å². The lowest BCUT2D eigenvalue weighted by molar-refractivity contribution is -0.137. The first kappa shape index (κ1) is 12.3. The first-order chi connectivity index (χ1) is 8.58. The smallest absolute Gasteiger partial charge is 0.303 e. The van der Waals surface area contributed by atoms with E-state index in [9.17, 15) is 4.79 Å². The molecule has 0 fully saturated rings. The molecule has 2 aromatic rings. The molecule has 2 N–H and O–H groups in total. The van der Waals surface area contributed by atoms with Gasteiger partial charge in [0.15, 0.2) is 5.82 Å². The van der Waals surface area contributed by atoms with Crippen LogP contribution in [0.15, 0.2) is 12.4 Å². The Hall–Kier alpha value is -2.18. The fraction of sp³-hybridized carbons (Fsp3) is 0.455. The summed E-state index contributed by atoms with van der Waals surface area (Å²) in [7, 11) is 0. The molecule has 2 rings (SSSR count). The van der Waals surface area contributed by atoms with Crippen molar-refractivity contribution < 1.29 is 9.90 Å². The molecule has 7 heteroatoms. The maximum absolute atomic E-state index is 10.5. The number of rotatable bonds is 5. The molecule has 0 spiro atoms. The van der Waals surface area contributed by atoms with E-state index >= 15 is 0 Å². The number of aliphatic carboxylic acids is 1. The monoisotopic (exact) mass is 249 g/mol. The zero-order valence-electron chi connectivity index (χ0n) is 10.3. The maximum atomic E-state index is 10.5. The lowest BCUT2D eigenvalue weighted by atomic mass is 10.2. The van der Waals surface area contributed by atoms with Crippen LogP contribution in [0, 0.1) is 6.92 Å². The lowest BCUT2D eigenvalue weighted by Crippen LogP contribution is -2.18. The second-order valence-corrected chi connectivity index (χ2v) is 4.19. The molecule has 0 aliphatic rings. The van der Waals surface area contributed by atoms with Gasteiger partial charge in [0.2, 0.25) is 5.65 Å². The third-order valence-corrected chi connectivity index (χ3v) is 2.67. The third-order valence-electron chi connectivity index (χ3n) is 2.67. The highest BCUT2D eigenvalue weighted by atomic mass is 16.4. The van der Waals surface area contributed by atoms with Crippen molar-refractivity contribution in [3.8, 4) is 0 Å². The molecule has 2 heterocycles. The van der Waals surface area contributed by atoms with Crippen molar-refractivity contribution >= 4 is 17.4 Å². The highest BCUT2D eigenvalue weighted by Gasteiger charge is 2.11. The molecule has 0 saturated carbocycles. The van der Waals surface area contributed by atoms with Crippen LogP contribution in [0.2, 0.25) is 0 Å². The van der Waals surface area contributed by atoms with E-state index in [1.54, 1.807) is 12.4 Å². The minimum atomic E-state index is -0.798. The van der Waals surface area contributed by atoms with Gasteiger partial charge in [-0.3, -0.25) is 9.20 Å². The standard InChI is InChI=1S/C11H15N5O2/c1-7(3-4-9(17)18)13-10-11-15-14-8(2)16(11)6-5-12-10/h5-7H,3-4H2,1-2H3,(H,12,13)(H,17,18). The van der Waals surface area contributed by atoms with Gasteiger partial charge in [-0.2, -0.15) is 0 Å². The predicted molar refractivity (Wildman–Crippen MR) is 65.5 cm³/mol. The van der Waals surface area contributed by atoms with E-state index in [0.29, 0.717) is 17.9 Å². The second kappa shape index (κ2) is 4.99. The second-order valence-electron chi connectivity index (χ2n) is 4.19. The summed E-state index contributed by atoms with van der Waals surface area (Å²) in [5.41, 5.74) is 0.650. The van der Waals surface area contributed by atoms with Gasteiger partial charge in [-0.1, -0.05) is 0 Å². The van der Waals surface area contributed by atoms with Gasteiger partial charge in [0.25, 0.3) is 0 Å². The van der Waals surface area contributed by atoms with Crippen LogP contribution < -0.4 is 5.32 Å². The summed E-state index contributed by atoms with van der Waals surface area (Å²) in [6.45, 7) is 3.77. The predicted octanol–water partition coefficient (Wildman–Crippen LogP) is 1.10. The first-order valence-electron chi connectivity index (χ1n) is 5.72. The van der Waals surface area contributed by atoms with Crippen molar-refractivity contribution in [2.24, 2.45) is 0 Å². The Morgan fingerprint density at radius 3 is 3.06 bits per heavy atom. The molecule has 0 bridgehead atoms. The van der Waals surface area contributed by atoms with Crippen LogP contribution in [0.4, 0.5) is 5.82 Å². The molecule has 0 radical (unpaired) electrons. The minimum Gasteiger partial charge on any atom is -0.481 e. The van der Waals surface area contributed by atoms with Crippen LogP contribution >= 0.6 is 0 Å². The summed E-state index contributed by atoms with van der Waals surface area (Å²) in [4.78, 5) is 14.7. The van der Waals surface area contributed by atoms with E-state index in [0.717, 1.165) is 5.82 Å². The van der Waals surface area contributed by atoms with Gasteiger partial charge in [0.05, 0.1) is 0 Å². The van der Waals surface area contributed by atoms with E-state index in [-0.39, 0.29) is 12.5 Å². The van der Waals surface area contributed by atoms with Gasteiger partial charge in [-0.15, -0.1) is 10.2 Å². The third kappa shape index (κ3) is 2.55. The first-order valence-corrected chi connectivity index (χ1v) is 5.72. The molecule has 96 valence electrons. The van der Waals surface area contributed by atoms with E-state index in [1.807, 2.05) is 18.2 Å². The number of nitrogens with one attached hydrogen (secondary N) is 1. The number of nitrogens with zero attached hydrogens (tertiary/aromatic N) is 4. The molecule has 2 aromatic heterocycles. The number of hydrogen-bond acceptors (Lipinski definition) is 5. The number of anilines is 1. The van der Waals surface area contributed by atoms with Crippen molar-refractivity contribution in [3.05, 3.63) is 18.2 Å². The average molecular weight is 249 g/mol. The quantitative estimate of drug-likeness (QED) is 0.824. The largest absolute Gasteiger partial charge is 0.481 e. The van der Waals surface area contributed by atoms with Gasteiger partial charge in [0, 0.05) is 24.9 Å². The van der Waals surface area contributed by atoms with Gasteiger partial charge in [0.1, 0.15) is 5.82 Å². The molecule has 0 amide bonds. The molecular formula is C11H15N5O2. The molecule has 1 atom stereocenters. The number of aromatic nitrogens is 4. The van der Waals surface area contributed by atoms with Crippen LogP contribution in [-0.4, -0.2) is 36.7 Å². The summed E-state index contributed by atoms with van der Waals surface area (Å²) in [6.07, 6.45) is 4.11. The Bertz CT molecular complexity index is 566. The molecule has 1 unspecified atom stereocenters. The summed E-state index contributed by atoms with van der Waals surface area (Å²) < 4.78 is 1.83. The highest BCUT2D eigenvalue weighted by molar-refractivity contribution is 5.67. The summed E-state index contributed by atoms with van der Waals surface area (Å²) in [6, 6.07) is 0.0109. The molecule has 7 nitrogen and oxygen atoms in total. The lowest BCUT2D eigenvalue weighted by Gasteiger charge is -2.13. The Morgan fingerprint density at radius 2 is 2.33 bits per heavy atom. The normalized spacial score (nSPS) is 12.6. The van der Waals surface area contributed by atoms with Crippen LogP contribution in [0.1, 0.15) is 25.6 Å². The van der Waals surface area contributed by atoms with Crippen molar-refractivity contribution in [3.63, 3.8) is 0 Å². The Kier molecular flexibility index (Phi) is 3.40. The fourth-order valence-corrected chi connectivity index (χ4v) is 1.69. The van der Waals surface area contributed by atoms with Gasteiger partial charge in [-0.25, -0.2) is 4.98 Å². The van der Waals surface area contributed by atoms with E-state index in [4.69, 9.17) is 5.11 Å². The summed E-state index contributed by atoms with van der Waals surface area (Å²) in [5.74, 6) is 0.609. The van der Waals surface area contributed by atoms with Crippen molar-refractivity contribution in [1.82, 2.24) is 19.6 Å². The number of carboxylic acid groups (broad SMARTS) is 1. The van der Waals surface area contributed by atoms with Crippen LogP contribution in [0.3, 0.4) is 0 Å². The summed E-state index contributed by atoms with van der Waals surface area (Å²) >= 11 is 0. The molecule has 0 saturated heterocycles. The number of fused-ring (bicyclic) bond motifs is 1. The van der Waals surface area contributed by atoms with E-state index in [2.05, 4.69) is 20.5 Å². The molecule has 0 aromatic carbocycles. The minimum absolute atomic E-state index is 0.0109. The number of hydrogen-bond donors (Lipinski definition) is 2. The maximum Gasteiger partial charge on any atom is 0.303 e. The Morgan fingerprint density at radius 1 is 1.56 bits per heavy atom. The zero-order chi connectivity index (χ0) is 13.1. The zero-order valence-corrected chi connectivity index (χ0v) is 10.3. The topological polar surface area (TPSA) is 92.4 Å². The molecular weight excluding hydrogens is 234 g/mol. The number of aryl methyl sites for hydroxylation is 1.